The Morgan fingerprint density at radius 2 is 1.57 bits per heavy atom. The molecular weight excluding hydrogens is 384 g/mol. The number of aryl methyl sites for hydroxylation is 1. The van der Waals surface area contributed by atoms with Gasteiger partial charge < -0.3 is 28.7 Å². The molecular formula is C23H31N2O5+. The molecule has 0 spiro atoms. The third-order valence-electron chi connectivity index (χ3n) is 5.64. The number of benzene rings is 2. The van der Waals surface area contributed by atoms with Crippen molar-refractivity contribution in [1.82, 2.24) is 4.90 Å². The number of amides is 1. The Morgan fingerprint density at radius 1 is 0.900 bits per heavy atom. The number of rotatable bonds is 7. The lowest BCUT2D eigenvalue weighted by Gasteiger charge is -2.32. The molecule has 1 amide bonds. The fraction of sp³-hybridized carbons (Fsp3) is 0.435. The maximum atomic E-state index is 12.9. The Hall–Kier alpha value is -2.93. The van der Waals surface area contributed by atoms with Crippen LogP contribution in [-0.4, -0.2) is 65.4 Å². The van der Waals surface area contributed by atoms with E-state index in [1.54, 1.807) is 28.4 Å². The van der Waals surface area contributed by atoms with Crippen molar-refractivity contribution in [2.45, 2.75) is 13.5 Å². The number of piperazine rings is 1. The van der Waals surface area contributed by atoms with Crippen LogP contribution in [0.25, 0.3) is 0 Å². The summed E-state index contributed by atoms with van der Waals surface area (Å²) in [5, 5.41) is 0. The molecule has 1 aliphatic rings. The maximum Gasteiger partial charge on any atom is 0.254 e. The summed E-state index contributed by atoms with van der Waals surface area (Å²) in [5.74, 6) is 2.76. The van der Waals surface area contributed by atoms with Gasteiger partial charge >= 0.3 is 0 Å². The Balaban J connectivity index is 1.66. The molecule has 1 aliphatic heterocycles. The van der Waals surface area contributed by atoms with Crippen LogP contribution in [0, 0.1) is 6.92 Å². The fourth-order valence-electron chi connectivity index (χ4n) is 3.91. The highest BCUT2D eigenvalue weighted by Gasteiger charge is 2.27. The smallest absolute Gasteiger partial charge is 0.254 e. The molecule has 0 unspecified atom stereocenters. The monoisotopic (exact) mass is 415 g/mol. The standard InChI is InChI=1S/C23H30N2O5/c1-16-6-7-17(14-20(16)28-3)23(26)25-12-10-24(11-13-25)15-18-8-9-19(27-2)22(30-5)21(18)29-4/h6-9,14H,10-13,15H2,1-5H3/p+1. The molecule has 0 bridgehead atoms. The quantitative estimate of drug-likeness (QED) is 0.744. The minimum absolute atomic E-state index is 0.0519. The van der Waals surface area contributed by atoms with Crippen LogP contribution in [0.4, 0.5) is 0 Å². The van der Waals surface area contributed by atoms with Gasteiger partial charge in [-0.1, -0.05) is 6.07 Å². The van der Waals surface area contributed by atoms with Gasteiger partial charge in [-0.05, 0) is 36.8 Å². The zero-order chi connectivity index (χ0) is 21.7. The minimum Gasteiger partial charge on any atom is -0.496 e. The van der Waals surface area contributed by atoms with Crippen LogP contribution in [0.2, 0.25) is 0 Å². The van der Waals surface area contributed by atoms with E-state index in [-0.39, 0.29) is 5.91 Å². The molecule has 3 rings (SSSR count). The SMILES string of the molecule is COc1cc(C(=O)N2CC[NH+](Cc3ccc(OC)c(OC)c3OC)CC2)ccc1C. The molecule has 7 nitrogen and oxygen atoms in total. The van der Waals surface area contributed by atoms with Crippen LogP contribution >= 0.6 is 0 Å². The number of methoxy groups -OCH3 is 4. The van der Waals surface area contributed by atoms with Crippen LogP contribution in [-0.2, 0) is 6.54 Å². The lowest BCUT2D eigenvalue weighted by Crippen LogP contribution is -3.13. The van der Waals surface area contributed by atoms with E-state index in [9.17, 15) is 4.79 Å². The number of hydrogen-bond donors (Lipinski definition) is 1. The van der Waals surface area contributed by atoms with Gasteiger partial charge in [0, 0.05) is 5.56 Å². The van der Waals surface area contributed by atoms with E-state index in [1.165, 1.54) is 4.90 Å². The lowest BCUT2D eigenvalue weighted by molar-refractivity contribution is -0.917. The molecule has 1 saturated heterocycles. The second-order valence-electron chi connectivity index (χ2n) is 7.40. The second kappa shape index (κ2) is 9.71. The van der Waals surface area contributed by atoms with Crippen molar-refractivity contribution in [2.24, 2.45) is 0 Å². The van der Waals surface area contributed by atoms with E-state index < -0.39 is 0 Å². The number of quaternary nitrogens is 1. The molecule has 1 fully saturated rings. The zero-order valence-electron chi connectivity index (χ0n) is 18.4. The third kappa shape index (κ3) is 4.46. The fourth-order valence-corrected chi connectivity index (χ4v) is 3.91. The number of nitrogens with zero attached hydrogens (tertiary/aromatic N) is 1. The van der Waals surface area contributed by atoms with Gasteiger partial charge in [0.25, 0.3) is 5.91 Å². The predicted molar refractivity (Wildman–Crippen MR) is 114 cm³/mol. The van der Waals surface area contributed by atoms with Crippen molar-refractivity contribution in [2.75, 3.05) is 54.6 Å². The molecule has 1 N–H and O–H groups in total. The first-order valence-corrected chi connectivity index (χ1v) is 10.1. The first kappa shape index (κ1) is 21.8. The van der Waals surface area contributed by atoms with Crippen LogP contribution in [0.5, 0.6) is 23.0 Å². The van der Waals surface area contributed by atoms with Crippen molar-refractivity contribution in [1.29, 1.82) is 0 Å². The van der Waals surface area contributed by atoms with E-state index in [0.717, 1.165) is 36.5 Å². The molecule has 0 atom stereocenters. The minimum atomic E-state index is 0.0519. The summed E-state index contributed by atoms with van der Waals surface area (Å²) in [6, 6.07) is 9.54. The van der Waals surface area contributed by atoms with Gasteiger partial charge in [0.1, 0.15) is 12.3 Å². The van der Waals surface area contributed by atoms with E-state index >= 15 is 0 Å². The molecule has 0 aliphatic carbocycles. The van der Waals surface area contributed by atoms with Crippen molar-refractivity contribution in [3.63, 3.8) is 0 Å². The highest BCUT2D eigenvalue weighted by atomic mass is 16.5. The van der Waals surface area contributed by atoms with E-state index in [2.05, 4.69) is 0 Å². The summed E-state index contributed by atoms with van der Waals surface area (Å²) in [7, 11) is 6.49. The summed E-state index contributed by atoms with van der Waals surface area (Å²) in [4.78, 5) is 16.2. The molecule has 2 aromatic rings. The lowest BCUT2D eigenvalue weighted by atomic mass is 10.1. The number of nitrogens with one attached hydrogen (secondary N) is 1. The molecule has 0 aromatic heterocycles. The van der Waals surface area contributed by atoms with Crippen LogP contribution < -0.4 is 23.8 Å². The summed E-state index contributed by atoms with van der Waals surface area (Å²) in [6.45, 7) is 5.92. The topological polar surface area (TPSA) is 61.7 Å². The van der Waals surface area contributed by atoms with Crippen molar-refractivity contribution in [3.8, 4) is 23.0 Å². The Morgan fingerprint density at radius 3 is 2.17 bits per heavy atom. The number of hydrogen-bond acceptors (Lipinski definition) is 5. The number of carbonyl (C=O) groups excluding carboxylic acids is 1. The van der Waals surface area contributed by atoms with Crippen molar-refractivity contribution >= 4 is 5.91 Å². The summed E-state index contributed by atoms with van der Waals surface area (Å²) in [5.41, 5.74) is 2.75. The maximum absolute atomic E-state index is 12.9. The highest BCUT2D eigenvalue weighted by Crippen LogP contribution is 2.39. The van der Waals surface area contributed by atoms with E-state index in [4.69, 9.17) is 18.9 Å². The molecule has 2 aromatic carbocycles. The first-order valence-electron chi connectivity index (χ1n) is 10.1. The van der Waals surface area contributed by atoms with Gasteiger partial charge in [0.15, 0.2) is 11.5 Å². The van der Waals surface area contributed by atoms with Crippen LogP contribution in [0.15, 0.2) is 30.3 Å². The zero-order valence-corrected chi connectivity index (χ0v) is 18.4. The van der Waals surface area contributed by atoms with Crippen molar-refractivity contribution < 1.29 is 28.6 Å². The summed E-state index contributed by atoms with van der Waals surface area (Å²) in [6.07, 6.45) is 0. The number of ether oxygens (including phenoxy) is 4. The number of carbonyl (C=O) groups is 1. The van der Waals surface area contributed by atoms with Gasteiger partial charge in [0.05, 0.1) is 60.2 Å². The summed E-state index contributed by atoms with van der Waals surface area (Å²) < 4.78 is 21.8. The van der Waals surface area contributed by atoms with E-state index in [0.29, 0.717) is 35.9 Å². The molecule has 0 radical (unpaired) electrons. The normalized spacial score (nSPS) is 14.4. The van der Waals surface area contributed by atoms with Gasteiger partial charge in [-0.15, -0.1) is 0 Å². The van der Waals surface area contributed by atoms with Gasteiger partial charge in [-0.2, -0.15) is 0 Å². The van der Waals surface area contributed by atoms with Crippen LogP contribution in [0.3, 0.4) is 0 Å². The molecule has 0 saturated carbocycles. The van der Waals surface area contributed by atoms with Crippen molar-refractivity contribution in [3.05, 3.63) is 47.0 Å². The van der Waals surface area contributed by atoms with Gasteiger partial charge in [-0.3, -0.25) is 4.79 Å². The average molecular weight is 416 g/mol. The Labute approximate surface area is 178 Å². The largest absolute Gasteiger partial charge is 0.496 e. The van der Waals surface area contributed by atoms with Gasteiger partial charge in [0.2, 0.25) is 5.75 Å². The predicted octanol–water partition coefficient (Wildman–Crippen LogP) is 1.57. The first-order chi connectivity index (χ1) is 14.5. The van der Waals surface area contributed by atoms with Crippen LogP contribution in [0.1, 0.15) is 21.5 Å². The third-order valence-corrected chi connectivity index (χ3v) is 5.64. The molecule has 1 heterocycles. The average Bonchev–Trinajstić information content (AvgIpc) is 2.79. The second-order valence-corrected chi connectivity index (χ2v) is 7.40. The summed E-state index contributed by atoms with van der Waals surface area (Å²) >= 11 is 0. The Kier molecular flexibility index (Phi) is 7.05. The molecule has 162 valence electrons. The van der Waals surface area contributed by atoms with Gasteiger partial charge in [-0.25, -0.2) is 0 Å². The van der Waals surface area contributed by atoms with E-state index in [1.807, 2.05) is 42.2 Å². The molecule has 30 heavy (non-hydrogen) atoms. The Bertz CT molecular complexity index is 891. The highest BCUT2D eigenvalue weighted by molar-refractivity contribution is 5.94. The molecule has 7 heteroatoms.